The molecule has 0 saturated heterocycles. The van der Waals surface area contributed by atoms with Gasteiger partial charge in [-0.25, -0.2) is 0 Å². The van der Waals surface area contributed by atoms with Gasteiger partial charge in [-0.15, -0.1) is 17.8 Å². The molecule has 1 amide bonds. The molecule has 0 saturated carbocycles. The number of thiazole rings is 1. The van der Waals surface area contributed by atoms with E-state index < -0.39 is 10.8 Å². The number of hydrogen-bond acceptors (Lipinski definition) is 6. The second-order valence-corrected chi connectivity index (χ2v) is 8.31. The fourth-order valence-electron chi connectivity index (χ4n) is 3.08. The number of thiophene rings is 1. The van der Waals surface area contributed by atoms with E-state index in [0.717, 1.165) is 14.9 Å². The number of para-hydroxylation sites is 1. The van der Waals surface area contributed by atoms with Crippen LogP contribution in [0.4, 0.5) is 5.69 Å². The van der Waals surface area contributed by atoms with Crippen LogP contribution in [-0.4, -0.2) is 22.0 Å². The monoisotopic (exact) mass is 437 g/mol. The lowest BCUT2D eigenvalue weighted by molar-refractivity contribution is -0.384. The summed E-state index contributed by atoms with van der Waals surface area (Å²) in [6.45, 7) is 2.65. The molecule has 0 radical (unpaired) electrons. The molecular weight excluding hydrogens is 422 g/mol. The normalized spacial score (nSPS) is 11.7. The lowest BCUT2D eigenvalue weighted by Gasteiger charge is -2.07. The van der Waals surface area contributed by atoms with Gasteiger partial charge in [-0.2, -0.15) is 4.99 Å². The molecule has 0 bridgehead atoms. The number of carbonyl (C=O) groups is 1. The van der Waals surface area contributed by atoms with Crippen LogP contribution in [0, 0.1) is 22.5 Å². The van der Waals surface area contributed by atoms with Crippen LogP contribution >= 0.6 is 22.7 Å². The van der Waals surface area contributed by atoms with Gasteiger partial charge < -0.3 is 9.30 Å². The van der Waals surface area contributed by atoms with Crippen molar-refractivity contribution in [1.29, 1.82) is 0 Å². The van der Waals surface area contributed by atoms with Crippen LogP contribution in [-0.2, 0) is 6.54 Å². The summed E-state index contributed by atoms with van der Waals surface area (Å²) in [5, 5.41) is 11.6. The second-order valence-electron chi connectivity index (χ2n) is 6.22. The minimum atomic E-state index is -0.459. The molecule has 4 aromatic rings. The Kier molecular flexibility index (Phi) is 5.35. The number of terminal acetylenes is 1. The maximum absolute atomic E-state index is 12.9. The van der Waals surface area contributed by atoms with E-state index in [9.17, 15) is 14.9 Å². The molecule has 2 aromatic heterocycles. The summed E-state index contributed by atoms with van der Waals surface area (Å²) in [5.74, 6) is 2.87. The highest BCUT2D eigenvalue weighted by atomic mass is 32.1. The Morgan fingerprint density at radius 1 is 1.27 bits per heavy atom. The van der Waals surface area contributed by atoms with E-state index >= 15 is 0 Å². The highest BCUT2D eigenvalue weighted by Gasteiger charge is 2.15. The van der Waals surface area contributed by atoms with Gasteiger partial charge in [-0.05, 0) is 31.2 Å². The Balaban J connectivity index is 1.82. The summed E-state index contributed by atoms with van der Waals surface area (Å²) in [6, 6.07) is 11.8. The highest BCUT2D eigenvalue weighted by Crippen LogP contribution is 2.30. The summed E-state index contributed by atoms with van der Waals surface area (Å²) < 4.78 is 9.20. The van der Waals surface area contributed by atoms with Crippen molar-refractivity contribution in [2.75, 3.05) is 6.61 Å². The standard InChI is InChI=1S/C21H15N3O4S2/c1-3-10-23-19-15(28-4-2)6-5-7-17(19)30-21(23)22-20(25)18-12-13-11-14(24(26)27)8-9-16(13)29-18/h1,5-9,11-12H,4,10H2,2H3. The number of nitrogens with zero attached hydrogens (tertiary/aromatic N) is 3. The summed E-state index contributed by atoms with van der Waals surface area (Å²) >= 11 is 2.60. The molecule has 0 aliphatic rings. The number of nitro groups is 1. The Labute approximate surface area is 179 Å². The summed E-state index contributed by atoms with van der Waals surface area (Å²) in [7, 11) is 0. The van der Waals surface area contributed by atoms with E-state index in [-0.39, 0.29) is 12.2 Å². The van der Waals surface area contributed by atoms with Gasteiger partial charge in [0, 0.05) is 22.2 Å². The molecule has 0 fully saturated rings. The van der Waals surface area contributed by atoms with E-state index in [1.807, 2.05) is 25.1 Å². The lowest BCUT2D eigenvalue weighted by Crippen LogP contribution is -2.16. The first-order chi connectivity index (χ1) is 14.5. The summed E-state index contributed by atoms with van der Waals surface area (Å²) in [6.07, 6.45) is 5.55. The Bertz CT molecular complexity index is 1410. The van der Waals surface area contributed by atoms with Crippen LogP contribution in [0.1, 0.15) is 16.6 Å². The van der Waals surface area contributed by atoms with Crippen molar-refractivity contribution >= 4 is 54.6 Å². The quantitative estimate of drug-likeness (QED) is 0.259. The number of ether oxygens (including phenoxy) is 1. The van der Waals surface area contributed by atoms with Crippen LogP contribution in [0.25, 0.3) is 20.3 Å². The van der Waals surface area contributed by atoms with Crippen molar-refractivity contribution in [1.82, 2.24) is 4.57 Å². The number of hydrogen-bond donors (Lipinski definition) is 0. The SMILES string of the molecule is C#CCn1c(=NC(=O)c2cc3cc([N+](=O)[O-])ccc3s2)sc2cccc(OCC)c21. The van der Waals surface area contributed by atoms with Crippen LogP contribution in [0.2, 0.25) is 0 Å². The van der Waals surface area contributed by atoms with E-state index in [1.54, 1.807) is 16.7 Å². The molecule has 0 N–H and O–H groups in total. The van der Waals surface area contributed by atoms with Crippen molar-refractivity contribution < 1.29 is 14.5 Å². The third-order valence-electron chi connectivity index (χ3n) is 4.33. The number of amides is 1. The molecule has 30 heavy (non-hydrogen) atoms. The first-order valence-electron chi connectivity index (χ1n) is 8.97. The molecule has 2 aromatic carbocycles. The minimum Gasteiger partial charge on any atom is -0.492 e. The van der Waals surface area contributed by atoms with Crippen molar-refractivity contribution in [3.63, 3.8) is 0 Å². The molecule has 4 rings (SSSR count). The molecule has 0 spiro atoms. The van der Waals surface area contributed by atoms with Gasteiger partial charge in [0.1, 0.15) is 11.3 Å². The molecule has 2 heterocycles. The molecule has 0 atom stereocenters. The zero-order valence-electron chi connectivity index (χ0n) is 15.8. The summed E-state index contributed by atoms with van der Waals surface area (Å²) in [5.41, 5.74) is 0.789. The number of carbonyl (C=O) groups excluding carboxylic acids is 1. The van der Waals surface area contributed by atoms with Crippen molar-refractivity contribution in [3.8, 4) is 18.1 Å². The lowest BCUT2D eigenvalue weighted by atomic mass is 10.2. The molecule has 9 heteroatoms. The second kappa shape index (κ2) is 8.10. The third-order valence-corrected chi connectivity index (χ3v) is 6.48. The number of nitro benzene ring substituents is 1. The van der Waals surface area contributed by atoms with Crippen molar-refractivity contribution in [3.05, 3.63) is 62.3 Å². The smallest absolute Gasteiger partial charge is 0.289 e. The zero-order chi connectivity index (χ0) is 21.3. The number of fused-ring (bicyclic) bond motifs is 2. The fourth-order valence-corrected chi connectivity index (χ4v) is 5.06. The average molecular weight is 438 g/mol. The minimum absolute atomic E-state index is 0.0175. The van der Waals surface area contributed by atoms with Crippen molar-refractivity contribution in [2.45, 2.75) is 13.5 Å². The van der Waals surface area contributed by atoms with Gasteiger partial charge in [0.25, 0.3) is 11.6 Å². The van der Waals surface area contributed by atoms with Gasteiger partial charge in [0.2, 0.25) is 0 Å². The Morgan fingerprint density at radius 3 is 2.83 bits per heavy atom. The Hall–Kier alpha value is -3.48. The fraction of sp³-hybridized carbons (Fsp3) is 0.143. The first-order valence-corrected chi connectivity index (χ1v) is 10.6. The average Bonchev–Trinajstić information content (AvgIpc) is 3.30. The van der Waals surface area contributed by atoms with Crippen LogP contribution in [0.15, 0.2) is 47.5 Å². The first kappa shape index (κ1) is 19.8. The maximum atomic E-state index is 12.9. The van der Waals surface area contributed by atoms with Gasteiger partial charge in [0.05, 0.1) is 27.7 Å². The predicted molar refractivity (Wildman–Crippen MR) is 118 cm³/mol. The zero-order valence-corrected chi connectivity index (χ0v) is 17.5. The van der Waals surface area contributed by atoms with Gasteiger partial charge in [0.15, 0.2) is 4.80 Å². The largest absolute Gasteiger partial charge is 0.492 e. The summed E-state index contributed by atoms with van der Waals surface area (Å²) in [4.78, 5) is 28.6. The molecule has 0 aliphatic heterocycles. The van der Waals surface area contributed by atoms with E-state index in [2.05, 4.69) is 10.9 Å². The molecule has 0 unspecified atom stereocenters. The molecule has 150 valence electrons. The maximum Gasteiger partial charge on any atom is 0.289 e. The Morgan fingerprint density at radius 2 is 2.10 bits per heavy atom. The predicted octanol–water partition coefficient (Wildman–Crippen LogP) is 4.60. The van der Waals surface area contributed by atoms with Crippen LogP contribution in [0.5, 0.6) is 5.75 Å². The van der Waals surface area contributed by atoms with Crippen molar-refractivity contribution in [2.24, 2.45) is 4.99 Å². The number of rotatable bonds is 5. The molecule has 7 nitrogen and oxygen atoms in total. The topological polar surface area (TPSA) is 86.7 Å². The van der Waals surface area contributed by atoms with E-state index in [1.165, 1.54) is 34.8 Å². The van der Waals surface area contributed by atoms with Crippen LogP contribution in [0.3, 0.4) is 0 Å². The molecule has 0 aliphatic carbocycles. The molecular formula is C21H15N3O4S2. The number of benzene rings is 2. The van der Waals surface area contributed by atoms with E-state index in [0.29, 0.717) is 27.4 Å². The van der Waals surface area contributed by atoms with Gasteiger partial charge in [-0.3, -0.25) is 14.9 Å². The van der Waals surface area contributed by atoms with Gasteiger partial charge in [-0.1, -0.05) is 23.3 Å². The van der Waals surface area contributed by atoms with Crippen LogP contribution < -0.4 is 9.54 Å². The third kappa shape index (κ3) is 3.58. The number of aromatic nitrogens is 1. The van der Waals surface area contributed by atoms with Gasteiger partial charge >= 0.3 is 0 Å². The highest BCUT2D eigenvalue weighted by molar-refractivity contribution is 7.21. The van der Waals surface area contributed by atoms with E-state index in [4.69, 9.17) is 11.2 Å². The number of non-ortho nitro benzene ring substituents is 1.